The number of fused-ring (bicyclic) bond motifs is 1. The summed E-state index contributed by atoms with van der Waals surface area (Å²) in [4.78, 5) is 97.6. The predicted molar refractivity (Wildman–Crippen MR) is 206 cm³/mol. The molecular formula is C41H61N7O7. The molecule has 0 spiro atoms. The van der Waals surface area contributed by atoms with Crippen LogP contribution in [0.25, 0.3) is 0 Å². The van der Waals surface area contributed by atoms with E-state index in [0.29, 0.717) is 12.1 Å². The van der Waals surface area contributed by atoms with Gasteiger partial charge in [0.2, 0.25) is 29.4 Å². The molecule has 4 aliphatic rings. The summed E-state index contributed by atoms with van der Waals surface area (Å²) < 4.78 is 0. The van der Waals surface area contributed by atoms with Gasteiger partial charge in [0.15, 0.2) is 0 Å². The standard InChI is InChI=1S/C41H61N7O7/c1-39(2,3)33(45-38(55)46-41(6)19-13-10-14-20-41)37(54)48-23-26-29(40(26,4)5)31(48)34(51)43-27(21-24-17-18-24)32(50)35(52)42-22-28(49)44-30(36(53)47(7)8)25-15-11-9-12-16-25/h9,11-12,15-16,24,26-27,29-31,33H,10,13-14,17-23H2,1-8H3,(H,42,52)(H,43,51)(H,44,49)(H2,45,46,55)/t26-,27-,29-,30?,31-,33+/m0/s1. The number of urea groups is 1. The molecule has 1 unspecified atom stereocenters. The molecule has 0 radical (unpaired) electrons. The van der Waals surface area contributed by atoms with E-state index in [1.165, 1.54) is 4.90 Å². The van der Waals surface area contributed by atoms with Gasteiger partial charge in [0.1, 0.15) is 18.1 Å². The number of Topliss-reactive ketones (excluding diaryl/α,β-unsaturated/α-hetero) is 1. The number of nitrogens with one attached hydrogen (secondary N) is 5. The molecule has 14 nitrogen and oxygen atoms in total. The number of benzene rings is 1. The summed E-state index contributed by atoms with van der Waals surface area (Å²) in [5, 5.41) is 13.9. The van der Waals surface area contributed by atoms with Crippen LogP contribution in [-0.2, 0) is 28.8 Å². The summed E-state index contributed by atoms with van der Waals surface area (Å²) >= 11 is 0. The summed E-state index contributed by atoms with van der Waals surface area (Å²) in [6.07, 6.45) is 6.87. The highest BCUT2D eigenvalue weighted by Crippen LogP contribution is 2.65. The summed E-state index contributed by atoms with van der Waals surface area (Å²) in [6, 6.07) is 4.30. The minimum absolute atomic E-state index is 0.0567. The fourth-order valence-electron chi connectivity index (χ4n) is 8.51. The first-order valence-corrected chi connectivity index (χ1v) is 19.8. The van der Waals surface area contributed by atoms with Gasteiger partial charge in [0.25, 0.3) is 5.91 Å². The fourth-order valence-corrected chi connectivity index (χ4v) is 8.51. The SMILES string of the molecule is CN(C)C(=O)C(NC(=O)CNC(=O)C(=O)[C@H](CC1CC1)NC(=O)[C@@H]1[C@@H]2[C@H](CN1C(=O)[C@@H](NC(=O)NC1(C)CCCCC1)C(C)(C)C)C2(C)C)c1ccccc1. The first kappa shape index (κ1) is 41.7. The maximum atomic E-state index is 14.4. The van der Waals surface area contributed by atoms with Crippen molar-refractivity contribution in [3.8, 4) is 0 Å². The topological polar surface area (TPSA) is 186 Å². The molecule has 14 heteroatoms. The Morgan fingerprint density at radius 1 is 0.891 bits per heavy atom. The number of piperidine rings is 1. The summed E-state index contributed by atoms with van der Waals surface area (Å²) in [7, 11) is 3.14. The number of hydrogen-bond acceptors (Lipinski definition) is 7. The van der Waals surface area contributed by atoms with Gasteiger partial charge in [-0.05, 0) is 60.3 Å². The van der Waals surface area contributed by atoms with Crippen LogP contribution < -0.4 is 26.6 Å². The fraction of sp³-hybridized carbons (Fsp3) is 0.683. The van der Waals surface area contributed by atoms with Crippen molar-refractivity contribution >= 4 is 41.4 Å². The smallest absolute Gasteiger partial charge is 0.315 e. The van der Waals surface area contributed by atoms with Gasteiger partial charge >= 0.3 is 6.03 Å². The highest BCUT2D eigenvalue weighted by molar-refractivity contribution is 6.38. The summed E-state index contributed by atoms with van der Waals surface area (Å²) in [5.41, 5.74) is -0.694. The molecule has 1 saturated heterocycles. The average Bonchev–Trinajstić information content (AvgIpc) is 3.98. The Hall–Kier alpha value is -4.49. The van der Waals surface area contributed by atoms with Crippen molar-refractivity contribution < 1.29 is 33.6 Å². The second-order valence-electron chi connectivity index (χ2n) is 18.3. The maximum Gasteiger partial charge on any atom is 0.315 e. The molecule has 3 saturated carbocycles. The molecule has 0 bridgehead atoms. The van der Waals surface area contributed by atoms with E-state index >= 15 is 0 Å². The van der Waals surface area contributed by atoms with Crippen LogP contribution in [0.2, 0.25) is 0 Å². The van der Waals surface area contributed by atoms with Crippen LogP contribution in [0, 0.1) is 28.6 Å². The molecule has 1 aliphatic heterocycles. The molecular weight excluding hydrogens is 702 g/mol. The molecule has 6 atom stereocenters. The molecule has 7 amide bonds. The van der Waals surface area contributed by atoms with Gasteiger partial charge in [-0.25, -0.2) is 4.79 Å². The zero-order chi connectivity index (χ0) is 40.5. The Morgan fingerprint density at radius 3 is 2.11 bits per heavy atom. The van der Waals surface area contributed by atoms with Crippen molar-refractivity contribution in [2.45, 2.75) is 123 Å². The van der Waals surface area contributed by atoms with E-state index in [1.807, 2.05) is 27.7 Å². The number of carbonyl (C=O) groups excluding carboxylic acids is 7. The molecule has 0 aromatic heterocycles. The van der Waals surface area contributed by atoms with Gasteiger partial charge in [-0.15, -0.1) is 0 Å². The van der Waals surface area contributed by atoms with Crippen molar-refractivity contribution in [1.82, 2.24) is 36.4 Å². The lowest BCUT2D eigenvalue weighted by atomic mass is 9.83. The van der Waals surface area contributed by atoms with Crippen molar-refractivity contribution in [3.63, 3.8) is 0 Å². The van der Waals surface area contributed by atoms with Crippen molar-refractivity contribution in [1.29, 1.82) is 0 Å². The molecule has 1 heterocycles. The van der Waals surface area contributed by atoms with Crippen LogP contribution in [0.4, 0.5) is 4.79 Å². The van der Waals surface area contributed by atoms with Gasteiger partial charge in [-0.3, -0.25) is 28.8 Å². The van der Waals surface area contributed by atoms with Gasteiger partial charge in [-0.1, -0.05) is 97.1 Å². The number of likely N-dealkylation sites (N-methyl/N-ethyl adjacent to an activating group) is 1. The molecule has 3 aliphatic carbocycles. The van der Waals surface area contributed by atoms with Crippen LogP contribution in [0.1, 0.15) is 105 Å². The van der Waals surface area contributed by atoms with Gasteiger partial charge in [-0.2, -0.15) is 0 Å². The third kappa shape index (κ3) is 9.85. The van der Waals surface area contributed by atoms with E-state index in [2.05, 4.69) is 40.4 Å². The number of carbonyl (C=O) groups is 7. The lowest BCUT2D eigenvalue weighted by Crippen LogP contribution is -2.62. The van der Waals surface area contributed by atoms with Crippen LogP contribution >= 0.6 is 0 Å². The second-order valence-corrected chi connectivity index (χ2v) is 18.3. The normalized spacial score (nSPS) is 23.9. The number of likely N-dealkylation sites (tertiary alicyclic amines) is 1. The Labute approximate surface area is 325 Å². The number of amides is 7. The minimum Gasteiger partial charge on any atom is -0.347 e. The first-order valence-electron chi connectivity index (χ1n) is 19.8. The van der Waals surface area contributed by atoms with Crippen LogP contribution in [0.15, 0.2) is 30.3 Å². The van der Waals surface area contributed by atoms with Crippen LogP contribution in [-0.4, -0.2) is 102 Å². The monoisotopic (exact) mass is 763 g/mol. The largest absolute Gasteiger partial charge is 0.347 e. The van der Waals surface area contributed by atoms with Gasteiger partial charge < -0.3 is 36.4 Å². The zero-order valence-corrected chi connectivity index (χ0v) is 33.8. The van der Waals surface area contributed by atoms with E-state index < -0.39 is 65.7 Å². The van der Waals surface area contributed by atoms with E-state index in [4.69, 9.17) is 0 Å². The van der Waals surface area contributed by atoms with Crippen LogP contribution in [0.5, 0.6) is 0 Å². The molecule has 55 heavy (non-hydrogen) atoms. The quantitative estimate of drug-likeness (QED) is 0.180. The molecule has 302 valence electrons. The number of rotatable bonds is 14. The zero-order valence-electron chi connectivity index (χ0n) is 33.8. The Balaban J connectivity index is 1.26. The van der Waals surface area contributed by atoms with Crippen molar-refractivity contribution in [2.75, 3.05) is 27.2 Å². The van der Waals surface area contributed by atoms with Crippen molar-refractivity contribution in [2.24, 2.45) is 28.6 Å². The lowest BCUT2D eigenvalue weighted by molar-refractivity contribution is -0.145. The highest BCUT2D eigenvalue weighted by atomic mass is 16.2. The number of hydrogen-bond donors (Lipinski definition) is 5. The molecule has 1 aromatic carbocycles. The predicted octanol–water partition coefficient (Wildman–Crippen LogP) is 2.82. The molecule has 1 aromatic rings. The Morgan fingerprint density at radius 2 is 1.53 bits per heavy atom. The van der Waals surface area contributed by atoms with E-state index in [1.54, 1.807) is 49.3 Å². The highest BCUT2D eigenvalue weighted by Gasteiger charge is 2.70. The molecule has 5 rings (SSSR count). The van der Waals surface area contributed by atoms with Gasteiger partial charge in [0, 0.05) is 26.2 Å². The lowest BCUT2D eigenvalue weighted by Gasteiger charge is -2.39. The Bertz CT molecular complexity index is 1650. The first-order chi connectivity index (χ1) is 25.7. The van der Waals surface area contributed by atoms with Crippen molar-refractivity contribution in [3.05, 3.63) is 35.9 Å². The average molecular weight is 764 g/mol. The van der Waals surface area contributed by atoms with Crippen LogP contribution in [0.3, 0.4) is 0 Å². The maximum absolute atomic E-state index is 14.4. The minimum atomic E-state index is -1.16. The van der Waals surface area contributed by atoms with E-state index in [-0.39, 0.29) is 46.9 Å². The third-order valence-electron chi connectivity index (χ3n) is 12.2. The summed E-state index contributed by atoms with van der Waals surface area (Å²) in [5.74, 6) is -3.79. The Kier molecular flexibility index (Phi) is 12.4. The molecule has 5 N–H and O–H groups in total. The van der Waals surface area contributed by atoms with Gasteiger partial charge in [0.05, 0.1) is 12.6 Å². The summed E-state index contributed by atoms with van der Waals surface area (Å²) in [6.45, 7) is 11.5. The molecule has 4 fully saturated rings. The second kappa shape index (κ2) is 16.3. The van der Waals surface area contributed by atoms with E-state index in [9.17, 15) is 33.6 Å². The number of nitrogens with zero attached hydrogens (tertiary/aromatic N) is 2. The van der Waals surface area contributed by atoms with E-state index in [0.717, 1.165) is 44.9 Å². The third-order valence-corrected chi connectivity index (χ3v) is 12.2. The number of ketones is 1.